The molecular formula is C22H30N4O. The van der Waals surface area contributed by atoms with E-state index in [4.69, 9.17) is 0 Å². The third kappa shape index (κ3) is 4.47. The van der Waals surface area contributed by atoms with Crippen molar-refractivity contribution in [1.82, 2.24) is 20.0 Å². The Hall–Kier alpha value is -1.98. The van der Waals surface area contributed by atoms with Crippen LogP contribution in [0.25, 0.3) is 0 Å². The lowest BCUT2D eigenvalue weighted by Crippen LogP contribution is -2.28. The molecule has 1 N–H and O–H groups in total. The number of nitrogens with zero attached hydrogens (tertiary/aromatic N) is 3. The van der Waals surface area contributed by atoms with Gasteiger partial charge in [0, 0.05) is 31.6 Å². The number of likely N-dealkylation sites (N-methyl/N-ethyl adjacent to an activating group) is 1. The molecule has 0 amide bonds. The van der Waals surface area contributed by atoms with Crippen LogP contribution in [0.4, 0.5) is 0 Å². The highest BCUT2D eigenvalue weighted by molar-refractivity contribution is 5.34. The molecule has 2 aromatic rings. The highest BCUT2D eigenvalue weighted by atomic mass is 16.1. The van der Waals surface area contributed by atoms with E-state index in [0.29, 0.717) is 0 Å². The first kappa shape index (κ1) is 18.4. The third-order valence-corrected chi connectivity index (χ3v) is 6.00. The third-order valence-electron chi connectivity index (χ3n) is 6.00. The predicted molar refractivity (Wildman–Crippen MR) is 108 cm³/mol. The molecule has 0 radical (unpaired) electrons. The highest BCUT2D eigenvalue weighted by Gasteiger charge is 2.18. The first-order valence-corrected chi connectivity index (χ1v) is 10.3. The van der Waals surface area contributed by atoms with Crippen molar-refractivity contribution in [2.24, 2.45) is 0 Å². The fourth-order valence-electron chi connectivity index (χ4n) is 4.35. The molecule has 0 unspecified atom stereocenters. The number of hydrogen-bond acceptors (Lipinski definition) is 4. The molecule has 1 fully saturated rings. The van der Waals surface area contributed by atoms with Gasteiger partial charge in [0.1, 0.15) is 0 Å². The minimum absolute atomic E-state index is 0.00638. The summed E-state index contributed by atoms with van der Waals surface area (Å²) in [6.45, 7) is 5.71. The van der Waals surface area contributed by atoms with E-state index in [1.807, 2.05) is 0 Å². The maximum Gasteiger partial charge on any atom is 0.267 e. The van der Waals surface area contributed by atoms with E-state index in [1.54, 1.807) is 0 Å². The van der Waals surface area contributed by atoms with Crippen molar-refractivity contribution in [3.05, 3.63) is 62.6 Å². The summed E-state index contributed by atoms with van der Waals surface area (Å²) in [5.74, 6) is 0. The molecule has 1 aliphatic carbocycles. The zero-order valence-corrected chi connectivity index (χ0v) is 16.3. The molecule has 1 aliphatic heterocycles. The molecule has 5 nitrogen and oxygen atoms in total. The highest BCUT2D eigenvalue weighted by Crippen LogP contribution is 2.22. The van der Waals surface area contributed by atoms with E-state index in [-0.39, 0.29) is 5.56 Å². The second-order valence-electron chi connectivity index (χ2n) is 8.09. The Morgan fingerprint density at radius 2 is 1.67 bits per heavy atom. The Labute approximate surface area is 161 Å². The van der Waals surface area contributed by atoms with Crippen LogP contribution in [0.3, 0.4) is 0 Å². The second-order valence-corrected chi connectivity index (χ2v) is 8.09. The Balaban J connectivity index is 1.43. The largest absolute Gasteiger partial charge is 0.305 e. The zero-order chi connectivity index (χ0) is 18.6. The van der Waals surface area contributed by atoms with E-state index >= 15 is 0 Å². The maximum atomic E-state index is 12.0. The lowest BCUT2D eigenvalue weighted by Gasteiger charge is -2.20. The molecule has 0 saturated carbocycles. The van der Waals surface area contributed by atoms with Crippen LogP contribution in [0.15, 0.2) is 29.1 Å². The summed E-state index contributed by atoms with van der Waals surface area (Å²) in [4.78, 5) is 17.0. The van der Waals surface area contributed by atoms with Gasteiger partial charge in [-0.2, -0.15) is 5.10 Å². The lowest BCUT2D eigenvalue weighted by molar-refractivity contribution is 0.269. The minimum Gasteiger partial charge on any atom is -0.305 e. The van der Waals surface area contributed by atoms with Gasteiger partial charge in [-0.25, -0.2) is 5.10 Å². The Morgan fingerprint density at radius 1 is 0.926 bits per heavy atom. The van der Waals surface area contributed by atoms with Crippen LogP contribution in [0.1, 0.15) is 47.2 Å². The topological polar surface area (TPSA) is 52.2 Å². The number of H-pyrrole nitrogens is 1. The summed E-state index contributed by atoms with van der Waals surface area (Å²) in [7, 11) is 2.21. The van der Waals surface area contributed by atoms with E-state index in [2.05, 4.69) is 51.3 Å². The van der Waals surface area contributed by atoms with Crippen molar-refractivity contribution in [3.63, 3.8) is 0 Å². The fraction of sp³-hybridized carbons (Fsp3) is 0.545. The molecule has 0 bridgehead atoms. The number of nitrogens with one attached hydrogen (secondary N) is 1. The van der Waals surface area contributed by atoms with Gasteiger partial charge < -0.3 is 4.90 Å². The van der Waals surface area contributed by atoms with Crippen molar-refractivity contribution < 1.29 is 0 Å². The lowest BCUT2D eigenvalue weighted by atomic mass is 9.90. The van der Waals surface area contributed by atoms with Gasteiger partial charge >= 0.3 is 0 Å². The molecule has 1 saturated heterocycles. The number of rotatable bonds is 4. The molecule has 2 aliphatic rings. The van der Waals surface area contributed by atoms with E-state index in [0.717, 1.165) is 63.0 Å². The summed E-state index contributed by atoms with van der Waals surface area (Å²) in [5, 5.41) is 7.08. The van der Waals surface area contributed by atoms with Gasteiger partial charge in [-0.1, -0.05) is 24.3 Å². The number of aromatic amines is 1. The molecule has 0 atom stereocenters. The van der Waals surface area contributed by atoms with Gasteiger partial charge in [-0.05, 0) is 68.9 Å². The van der Waals surface area contributed by atoms with Gasteiger partial charge in [-0.15, -0.1) is 0 Å². The van der Waals surface area contributed by atoms with Gasteiger partial charge in [0.2, 0.25) is 0 Å². The summed E-state index contributed by atoms with van der Waals surface area (Å²) in [5.41, 5.74) is 5.86. The van der Waals surface area contributed by atoms with Crippen molar-refractivity contribution >= 4 is 0 Å². The van der Waals surface area contributed by atoms with Crippen LogP contribution in [-0.2, 0) is 25.8 Å². The molecule has 2 heterocycles. The van der Waals surface area contributed by atoms with Gasteiger partial charge in [-0.3, -0.25) is 9.69 Å². The number of fused-ring (bicyclic) bond motifs is 1. The molecule has 4 rings (SSSR count). The summed E-state index contributed by atoms with van der Waals surface area (Å²) in [6.07, 6.45) is 6.20. The maximum absolute atomic E-state index is 12.0. The molecule has 144 valence electrons. The van der Waals surface area contributed by atoms with Crippen LogP contribution >= 0.6 is 0 Å². The van der Waals surface area contributed by atoms with Gasteiger partial charge in [0.15, 0.2) is 0 Å². The molecule has 1 aromatic heterocycles. The molecular weight excluding hydrogens is 336 g/mol. The number of aromatic nitrogens is 2. The first-order valence-electron chi connectivity index (χ1n) is 10.3. The normalized spacial score (nSPS) is 18.9. The van der Waals surface area contributed by atoms with Gasteiger partial charge in [0.25, 0.3) is 5.56 Å². The van der Waals surface area contributed by atoms with Crippen LogP contribution in [0.2, 0.25) is 0 Å². The smallest absolute Gasteiger partial charge is 0.267 e. The summed E-state index contributed by atoms with van der Waals surface area (Å²) < 4.78 is 0. The van der Waals surface area contributed by atoms with Crippen LogP contribution in [0.5, 0.6) is 0 Å². The SMILES string of the molecule is CN1CCCN(Cc2ccc(Cc3n[nH]c(=O)c4c3CCCC4)cc2)CC1. The average Bonchev–Trinajstić information content (AvgIpc) is 2.90. The van der Waals surface area contributed by atoms with Gasteiger partial charge in [0.05, 0.1) is 5.69 Å². The first-order chi connectivity index (χ1) is 13.2. The zero-order valence-electron chi connectivity index (χ0n) is 16.3. The van der Waals surface area contributed by atoms with Crippen LogP contribution in [0, 0.1) is 0 Å². The van der Waals surface area contributed by atoms with Crippen molar-refractivity contribution in [2.45, 2.75) is 45.1 Å². The van der Waals surface area contributed by atoms with Crippen molar-refractivity contribution in [1.29, 1.82) is 0 Å². The van der Waals surface area contributed by atoms with E-state index < -0.39 is 0 Å². The molecule has 27 heavy (non-hydrogen) atoms. The average molecular weight is 367 g/mol. The van der Waals surface area contributed by atoms with Crippen molar-refractivity contribution in [3.8, 4) is 0 Å². The number of benzene rings is 1. The fourth-order valence-corrected chi connectivity index (χ4v) is 4.35. The van der Waals surface area contributed by atoms with E-state index in [1.165, 1.54) is 36.2 Å². The predicted octanol–water partition coefficient (Wildman–Crippen LogP) is 2.38. The van der Waals surface area contributed by atoms with E-state index in [9.17, 15) is 4.79 Å². The Bertz CT molecular complexity index is 827. The standard InChI is InChI=1S/C22H30N4O/c1-25-11-4-12-26(14-13-25)16-18-9-7-17(8-10-18)15-21-19-5-2-3-6-20(19)22(27)24-23-21/h7-10H,2-6,11-16H2,1H3,(H,24,27). The molecule has 1 aromatic carbocycles. The van der Waals surface area contributed by atoms with Crippen molar-refractivity contribution in [2.75, 3.05) is 33.2 Å². The quantitative estimate of drug-likeness (QED) is 0.903. The minimum atomic E-state index is 0.00638. The molecule has 5 heteroatoms. The number of hydrogen-bond donors (Lipinski definition) is 1. The molecule has 0 spiro atoms. The summed E-state index contributed by atoms with van der Waals surface area (Å²) in [6, 6.07) is 8.95. The van der Waals surface area contributed by atoms with Crippen LogP contribution < -0.4 is 5.56 Å². The monoisotopic (exact) mass is 366 g/mol. The Morgan fingerprint density at radius 3 is 2.48 bits per heavy atom. The summed E-state index contributed by atoms with van der Waals surface area (Å²) >= 11 is 0. The Kier molecular flexibility index (Phi) is 5.69. The van der Waals surface area contributed by atoms with Crippen LogP contribution in [-0.4, -0.2) is 53.2 Å². The second kappa shape index (κ2) is 8.36.